The Bertz CT molecular complexity index is 1170. The van der Waals surface area contributed by atoms with Crippen molar-refractivity contribution in [1.29, 1.82) is 0 Å². The fraction of sp³-hybridized carbons (Fsp3) is 0.148. The summed E-state index contributed by atoms with van der Waals surface area (Å²) in [6.45, 7) is 2.98. The van der Waals surface area contributed by atoms with E-state index in [1.54, 1.807) is 55.7 Å². The van der Waals surface area contributed by atoms with Crippen molar-refractivity contribution in [2.45, 2.75) is 20.0 Å². The van der Waals surface area contributed by atoms with Crippen LogP contribution in [0.5, 0.6) is 5.75 Å². The summed E-state index contributed by atoms with van der Waals surface area (Å²) in [5.41, 5.74) is 2.78. The first kappa shape index (κ1) is 23.5. The molecule has 0 unspecified atom stereocenters. The molecule has 0 aliphatic rings. The minimum atomic E-state index is -1.04. The quantitative estimate of drug-likeness (QED) is 0.229. The zero-order valence-corrected chi connectivity index (χ0v) is 18.7. The first-order chi connectivity index (χ1) is 15.9. The van der Waals surface area contributed by atoms with Crippen LogP contribution in [0, 0.1) is 0 Å². The Kier molecular flexibility index (Phi) is 7.76. The first-order valence-electron chi connectivity index (χ1n) is 10.4. The largest absolute Gasteiger partial charge is 0.497 e. The number of methoxy groups -OCH3 is 1. The standard InChI is InChI=1S/C27H25NO5/c1-18(29)21-12-14-23(15-13-21)28-26(30)19(2)33-27(31)25(22-9-5-4-6-10-22)17-20-8-7-11-24(16-20)32-3/h4-17,19H,1-3H3,(H,28,30)/b25-17+/t19-/m0/s1. The zero-order valence-electron chi connectivity index (χ0n) is 18.7. The van der Waals surface area contributed by atoms with Gasteiger partial charge in [0.25, 0.3) is 5.91 Å². The number of hydrogen-bond acceptors (Lipinski definition) is 5. The maximum Gasteiger partial charge on any atom is 0.339 e. The molecule has 6 nitrogen and oxygen atoms in total. The third-order valence-electron chi connectivity index (χ3n) is 4.92. The molecule has 1 atom stereocenters. The lowest BCUT2D eigenvalue weighted by Gasteiger charge is -2.15. The third kappa shape index (κ3) is 6.40. The van der Waals surface area contributed by atoms with Crippen molar-refractivity contribution >= 4 is 35.0 Å². The zero-order chi connectivity index (χ0) is 23.8. The first-order valence-corrected chi connectivity index (χ1v) is 10.4. The molecule has 168 valence electrons. The lowest BCUT2D eigenvalue weighted by atomic mass is 10.0. The summed E-state index contributed by atoms with van der Waals surface area (Å²) in [5, 5.41) is 2.69. The van der Waals surface area contributed by atoms with Crippen LogP contribution in [0.15, 0.2) is 78.9 Å². The molecule has 0 aromatic heterocycles. The molecule has 3 rings (SSSR count). The Labute approximate surface area is 192 Å². The molecule has 1 N–H and O–H groups in total. The van der Waals surface area contributed by atoms with Crippen LogP contribution >= 0.6 is 0 Å². The summed E-state index contributed by atoms with van der Waals surface area (Å²) in [6, 6.07) is 22.9. The van der Waals surface area contributed by atoms with Crippen LogP contribution in [0.1, 0.15) is 35.3 Å². The number of Topliss-reactive ketones (excluding diaryl/α,β-unsaturated/α-hetero) is 1. The van der Waals surface area contributed by atoms with E-state index in [0.29, 0.717) is 28.1 Å². The molecule has 0 fully saturated rings. The van der Waals surface area contributed by atoms with Crippen molar-refractivity contribution in [3.8, 4) is 5.75 Å². The number of ketones is 1. The minimum absolute atomic E-state index is 0.0635. The van der Waals surface area contributed by atoms with E-state index in [1.165, 1.54) is 13.8 Å². The lowest BCUT2D eigenvalue weighted by Crippen LogP contribution is -2.30. The Morgan fingerprint density at radius 1 is 0.879 bits per heavy atom. The van der Waals surface area contributed by atoms with Gasteiger partial charge < -0.3 is 14.8 Å². The Morgan fingerprint density at radius 2 is 1.58 bits per heavy atom. The molecule has 0 saturated carbocycles. The lowest BCUT2D eigenvalue weighted by molar-refractivity contribution is -0.147. The smallest absolute Gasteiger partial charge is 0.339 e. The number of amides is 1. The topological polar surface area (TPSA) is 81.7 Å². The second-order valence-corrected chi connectivity index (χ2v) is 7.37. The Balaban J connectivity index is 1.77. The summed E-state index contributed by atoms with van der Waals surface area (Å²) in [7, 11) is 1.57. The van der Waals surface area contributed by atoms with E-state index in [-0.39, 0.29) is 5.78 Å². The Hall–Kier alpha value is -4.19. The van der Waals surface area contributed by atoms with Crippen LogP contribution in [0.25, 0.3) is 11.6 Å². The highest BCUT2D eigenvalue weighted by molar-refractivity contribution is 6.22. The van der Waals surface area contributed by atoms with Gasteiger partial charge in [0.1, 0.15) is 5.75 Å². The van der Waals surface area contributed by atoms with Gasteiger partial charge in [-0.1, -0.05) is 42.5 Å². The van der Waals surface area contributed by atoms with Crippen LogP contribution in [-0.2, 0) is 14.3 Å². The number of ether oxygens (including phenoxy) is 2. The number of hydrogen-bond donors (Lipinski definition) is 1. The number of carbonyl (C=O) groups is 3. The van der Waals surface area contributed by atoms with E-state index in [1.807, 2.05) is 36.4 Å². The molecule has 0 radical (unpaired) electrons. The minimum Gasteiger partial charge on any atom is -0.497 e. The van der Waals surface area contributed by atoms with Gasteiger partial charge in [0.2, 0.25) is 0 Å². The number of esters is 1. The van der Waals surface area contributed by atoms with Crippen molar-refractivity contribution < 1.29 is 23.9 Å². The van der Waals surface area contributed by atoms with Crippen molar-refractivity contribution in [3.63, 3.8) is 0 Å². The molecule has 0 heterocycles. The maximum absolute atomic E-state index is 13.1. The average molecular weight is 443 g/mol. The summed E-state index contributed by atoms with van der Waals surface area (Å²) in [5.74, 6) is -0.508. The summed E-state index contributed by atoms with van der Waals surface area (Å²) >= 11 is 0. The van der Waals surface area contributed by atoms with E-state index in [0.717, 1.165) is 5.56 Å². The predicted octanol–water partition coefficient (Wildman–Crippen LogP) is 5.01. The molecule has 6 heteroatoms. The molecule has 0 aliphatic carbocycles. The van der Waals surface area contributed by atoms with E-state index in [2.05, 4.69) is 5.32 Å². The second-order valence-electron chi connectivity index (χ2n) is 7.37. The SMILES string of the molecule is COc1cccc(/C=C(/C(=O)O[C@@H](C)C(=O)Nc2ccc(C(C)=O)cc2)c2ccccc2)c1. The maximum atomic E-state index is 13.1. The number of carbonyl (C=O) groups excluding carboxylic acids is 3. The van der Waals surface area contributed by atoms with Crippen molar-refractivity contribution in [1.82, 2.24) is 0 Å². The molecular formula is C27H25NO5. The van der Waals surface area contributed by atoms with Gasteiger partial charge in [0.05, 0.1) is 12.7 Å². The van der Waals surface area contributed by atoms with Crippen LogP contribution in [-0.4, -0.2) is 30.9 Å². The molecular weight excluding hydrogens is 418 g/mol. The summed E-state index contributed by atoms with van der Waals surface area (Å²) in [6.07, 6.45) is 0.660. The molecule has 3 aromatic carbocycles. The molecule has 3 aromatic rings. The van der Waals surface area contributed by atoms with Crippen LogP contribution < -0.4 is 10.1 Å². The second kappa shape index (κ2) is 10.9. The van der Waals surface area contributed by atoms with Crippen molar-refractivity contribution in [2.75, 3.05) is 12.4 Å². The van der Waals surface area contributed by atoms with Gasteiger partial charge in [-0.2, -0.15) is 0 Å². The third-order valence-corrected chi connectivity index (χ3v) is 4.92. The fourth-order valence-corrected chi connectivity index (χ4v) is 3.09. The van der Waals surface area contributed by atoms with Crippen LogP contribution in [0.3, 0.4) is 0 Å². The fourth-order valence-electron chi connectivity index (χ4n) is 3.09. The van der Waals surface area contributed by atoms with Gasteiger partial charge in [-0.25, -0.2) is 4.79 Å². The number of benzene rings is 3. The summed E-state index contributed by atoms with van der Waals surface area (Å²) in [4.78, 5) is 37.0. The van der Waals surface area contributed by atoms with Gasteiger partial charge in [-0.15, -0.1) is 0 Å². The van der Waals surface area contributed by atoms with Crippen molar-refractivity contribution in [2.24, 2.45) is 0 Å². The van der Waals surface area contributed by atoms with Gasteiger partial charge in [-0.3, -0.25) is 9.59 Å². The molecule has 0 saturated heterocycles. The number of rotatable bonds is 8. The van der Waals surface area contributed by atoms with Crippen molar-refractivity contribution in [3.05, 3.63) is 95.6 Å². The highest BCUT2D eigenvalue weighted by Gasteiger charge is 2.22. The molecule has 33 heavy (non-hydrogen) atoms. The highest BCUT2D eigenvalue weighted by Crippen LogP contribution is 2.23. The molecule has 0 bridgehead atoms. The van der Waals surface area contributed by atoms with Gasteiger partial charge >= 0.3 is 5.97 Å². The van der Waals surface area contributed by atoms with E-state index in [4.69, 9.17) is 9.47 Å². The Morgan fingerprint density at radius 3 is 2.21 bits per heavy atom. The summed E-state index contributed by atoms with van der Waals surface area (Å²) < 4.78 is 10.7. The average Bonchev–Trinajstić information content (AvgIpc) is 2.83. The van der Waals surface area contributed by atoms with E-state index in [9.17, 15) is 14.4 Å². The highest BCUT2D eigenvalue weighted by atomic mass is 16.5. The van der Waals surface area contributed by atoms with Crippen LogP contribution in [0.4, 0.5) is 5.69 Å². The molecule has 0 aliphatic heterocycles. The van der Waals surface area contributed by atoms with E-state index < -0.39 is 18.0 Å². The van der Waals surface area contributed by atoms with Gasteiger partial charge in [0, 0.05) is 11.3 Å². The van der Waals surface area contributed by atoms with Crippen LogP contribution in [0.2, 0.25) is 0 Å². The predicted molar refractivity (Wildman–Crippen MR) is 128 cm³/mol. The van der Waals surface area contributed by atoms with Gasteiger partial charge in [-0.05, 0) is 67.4 Å². The number of anilines is 1. The van der Waals surface area contributed by atoms with E-state index >= 15 is 0 Å². The molecule has 1 amide bonds. The monoisotopic (exact) mass is 443 g/mol. The molecule has 0 spiro atoms. The van der Waals surface area contributed by atoms with Gasteiger partial charge in [0.15, 0.2) is 11.9 Å². The number of nitrogens with one attached hydrogen (secondary N) is 1. The normalized spacial score (nSPS) is 11.9.